The Morgan fingerprint density at radius 2 is 2.00 bits per heavy atom. The van der Waals surface area contributed by atoms with Crippen molar-refractivity contribution >= 4 is 0 Å². The summed E-state index contributed by atoms with van der Waals surface area (Å²) in [4.78, 5) is 3.94. The molecule has 0 unspecified atom stereocenters. The van der Waals surface area contributed by atoms with Gasteiger partial charge >= 0.3 is 6.18 Å². The number of ether oxygens (including phenoxy) is 1. The van der Waals surface area contributed by atoms with E-state index in [2.05, 4.69) is 4.98 Å². The highest BCUT2D eigenvalue weighted by atomic mass is 19.4. The molecule has 1 aromatic carbocycles. The van der Waals surface area contributed by atoms with E-state index in [-0.39, 0.29) is 22.8 Å². The van der Waals surface area contributed by atoms with Crippen LogP contribution in [-0.2, 0) is 6.18 Å². The fraction of sp³-hybridized carbons (Fsp3) is 0.312. The zero-order valence-electron chi connectivity index (χ0n) is 12.0. The number of rotatable bonds is 5. The molecule has 0 saturated carbocycles. The van der Waals surface area contributed by atoms with E-state index in [1.807, 2.05) is 6.92 Å². The van der Waals surface area contributed by atoms with E-state index in [1.165, 1.54) is 24.4 Å². The van der Waals surface area contributed by atoms with Crippen LogP contribution in [0.5, 0.6) is 11.5 Å². The van der Waals surface area contributed by atoms with Gasteiger partial charge in [-0.05, 0) is 36.8 Å². The maximum absolute atomic E-state index is 13.0. The largest absolute Gasteiger partial charge is 0.506 e. The van der Waals surface area contributed by atoms with Crippen LogP contribution in [0.2, 0.25) is 0 Å². The van der Waals surface area contributed by atoms with Crippen molar-refractivity contribution in [1.82, 2.24) is 4.98 Å². The summed E-state index contributed by atoms with van der Waals surface area (Å²) in [6, 6.07) is 6.24. The number of aromatic nitrogens is 1. The fourth-order valence-electron chi connectivity index (χ4n) is 1.94. The highest BCUT2D eigenvalue weighted by Gasteiger charge is 2.32. The number of benzene rings is 1. The van der Waals surface area contributed by atoms with E-state index < -0.39 is 11.7 Å². The molecule has 0 fully saturated rings. The zero-order chi connectivity index (χ0) is 16.2. The number of halogens is 3. The van der Waals surface area contributed by atoms with Crippen molar-refractivity contribution in [3.63, 3.8) is 0 Å². The number of nitrogens with zero attached hydrogens (tertiary/aromatic N) is 1. The summed E-state index contributed by atoms with van der Waals surface area (Å²) in [5, 5.41) is 9.78. The molecule has 6 heteroatoms. The van der Waals surface area contributed by atoms with Gasteiger partial charge in [-0.2, -0.15) is 13.2 Å². The average molecular weight is 311 g/mol. The summed E-state index contributed by atoms with van der Waals surface area (Å²) in [5.74, 6) is -0.0651. The van der Waals surface area contributed by atoms with Crippen LogP contribution < -0.4 is 4.74 Å². The first-order chi connectivity index (χ1) is 10.4. The third kappa shape index (κ3) is 3.90. The highest BCUT2D eigenvalue weighted by molar-refractivity contribution is 5.68. The van der Waals surface area contributed by atoms with Crippen LogP contribution in [0.25, 0.3) is 11.3 Å². The molecule has 0 bridgehead atoms. The Morgan fingerprint density at radius 1 is 1.23 bits per heavy atom. The molecule has 0 radical (unpaired) electrons. The summed E-state index contributed by atoms with van der Waals surface area (Å²) in [7, 11) is 0. The second kappa shape index (κ2) is 6.68. The maximum Gasteiger partial charge on any atom is 0.416 e. The molecule has 22 heavy (non-hydrogen) atoms. The molecule has 2 rings (SSSR count). The number of hydrogen-bond acceptors (Lipinski definition) is 3. The molecular weight excluding hydrogens is 295 g/mol. The molecule has 0 atom stereocenters. The first-order valence-corrected chi connectivity index (χ1v) is 6.91. The molecule has 3 nitrogen and oxygen atoms in total. The number of hydrogen-bond donors (Lipinski definition) is 1. The van der Waals surface area contributed by atoms with Crippen LogP contribution in [0.4, 0.5) is 13.2 Å². The maximum atomic E-state index is 13.0. The van der Waals surface area contributed by atoms with Gasteiger partial charge in [-0.1, -0.05) is 13.3 Å². The standard InChI is InChI=1S/C16H16F3NO2/c1-2-3-7-22-13-9-11(8-12(10-13)16(17,18)19)15-14(21)5-4-6-20-15/h4-6,8-10,21H,2-3,7H2,1H3. The van der Waals surface area contributed by atoms with Crippen molar-refractivity contribution in [2.75, 3.05) is 6.61 Å². The smallest absolute Gasteiger partial charge is 0.416 e. The third-order valence-corrected chi connectivity index (χ3v) is 3.06. The Bertz CT molecular complexity index is 642. The molecule has 0 spiro atoms. The molecule has 0 aliphatic rings. The summed E-state index contributed by atoms with van der Waals surface area (Å²) < 4.78 is 44.4. The molecule has 1 N–H and O–H groups in total. The Hall–Kier alpha value is -2.24. The monoisotopic (exact) mass is 311 g/mol. The van der Waals surface area contributed by atoms with E-state index >= 15 is 0 Å². The van der Waals surface area contributed by atoms with Crippen molar-refractivity contribution in [3.05, 3.63) is 42.1 Å². The topological polar surface area (TPSA) is 42.4 Å². The van der Waals surface area contributed by atoms with E-state index in [1.54, 1.807) is 0 Å². The minimum Gasteiger partial charge on any atom is -0.506 e. The van der Waals surface area contributed by atoms with Crippen LogP contribution >= 0.6 is 0 Å². The van der Waals surface area contributed by atoms with Crippen molar-refractivity contribution in [2.45, 2.75) is 25.9 Å². The van der Waals surface area contributed by atoms with Crippen LogP contribution in [0.1, 0.15) is 25.3 Å². The number of pyridine rings is 1. The summed E-state index contributed by atoms with van der Waals surface area (Å²) in [6.45, 7) is 2.30. The first kappa shape index (κ1) is 16.1. The van der Waals surface area contributed by atoms with Crippen molar-refractivity contribution < 1.29 is 23.0 Å². The van der Waals surface area contributed by atoms with Gasteiger partial charge in [0, 0.05) is 11.8 Å². The van der Waals surface area contributed by atoms with Gasteiger partial charge < -0.3 is 9.84 Å². The van der Waals surface area contributed by atoms with E-state index in [9.17, 15) is 18.3 Å². The quantitative estimate of drug-likeness (QED) is 0.817. The molecular formula is C16H16F3NO2. The van der Waals surface area contributed by atoms with Crippen LogP contribution in [-0.4, -0.2) is 16.7 Å². The van der Waals surface area contributed by atoms with Crippen molar-refractivity contribution in [1.29, 1.82) is 0 Å². The lowest BCUT2D eigenvalue weighted by Crippen LogP contribution is -2.06. The zero-order valence-corrected chi connectivity index (χ0v) is 12.0. The lowest BCUT2D eigenvalue weighted by molar-refractivity contribution is -0.137. The first-order valence-electron chi connectivity index (χ1n) is 6.91. The van der Waals surface area contributed by atoms with Crippen LogP contribution in [0.3, 0.4) is 0 Å². The van der Waals surface area contributed by atoms with Crippen LogP contribution in [0, 0.1) is 0 Å². The molecule has 1 heterocycles. The number of aromatic hydroxyl groups is 1. The van der Waals surface area contributed by atoms with Gasteiger partial charge in [0.25, 0.3) is 0 Å². The van der Waals surface area contributed by atoms with Gasteiger partial charge in [-0.25, -0.2) is 0 Å². The molecule has 0 aliphatic carbocycles. The van der Waals surface area contributed by atoms with Crippen LogP contribution in [0.15, 0.2) is 36.5 Å². The fourth-order valence-corrected chi connectivity index (χ4v) is 1.94. The van der Waals surface area contributed by atoms with Gasteiger partial charge in [0.15, 0.2) is 0 Å². The van der Waals surface area contributed by atoms with Gasteiger partial charge in [0.2, 0.25) is 0 Å². The average Bonchev–Trinajstić information content (AvgIpc) is 2.47. The second-order valence-corrected chi connectivity index (χ2v) is 4.82. The van der Waals surface area contributed by atoms with Gasteiger partial charge in [0.1, 0.15) is 17.2 Å². The van der Waals surface area contributed by atoms with Crippen molar-refractivity contribution in [2.24, 2.45) is 0 Å². The molecule has 1 aromatic heterocycles. The highest BCUT2D eigenvalue weighted by Crippen LogP contribution is 2.37. The Balaban J connectivity index is 2.44. The Morgan fingerprint density at radius 3 is 2.64 bits per heavy atom. The SMILES string of the molecule is CCCCOc1cc(-c2ncccc2O)cc(C(F)(F)F)c1. The normalized spacial score (nSPS) is 11.5. The lowest BCUT2D eigenvalue weighted by atomic mass is 10.1. The third-order valence-electron chi connectivity index (χ3n) is 3.06. The van der Waals surface area contributed by atoms with E-state index in [0.29, 0.717) is 6.61 Å². The molecule has 0 saturated heterocycles. The minimum atomic E-state index is -4.50. The minimum absolute atomic E-state index is 0.0916. The van der Waals surface area contributed by atoms with Gasteiger partial charge in [0.05, 0.1) is 12.2 Å². The molecule has 0 aliphatic heterocycles. The predicted molar refractivity (Wildman–Crippen MR) is 76.7 cm³/mol. The summed E-state index contributed by atoms with van der Waals surface area (Å²) in [6.07, 6.45) is -1.45. The molecule has 0 amide bonds. The Kier molecular flexibility index (Phi) is 4.90. The van der Waals surface area contributed by atoms with E-state index in [0.717, 1.165) is 25.0 Å². The molecule has 2 aromatic rings. The van der Waals surface area contributed by atoms with E-state index in [4.69, 9.17) is 4.74 Å². The van der Waals surface area contributed by atoms with Gasteiger partial charge in [-0.15, -0.1) is 0 Å². The number of alkyl halides is 3. The van der Waals surface area contributed by atoms with Gasteiger partial charge in [-0.3, -0.25) is 4.98 Å². The van der Waals surface area contributed by atoms with Crippen molar-refractivity contribution in [3.8, 4) is 22.8 Å². The number of unbranched alkanes of at least 4 members (excludes halogenated alkanes) is 1. The molecule has 118 valence electrons. The summed E-state index contributed by atoms with van der Waals surface area (Å²) in [5.41, 5.74) is -0.574. The Labute approximate surface area is 126 Å². The lowest BCUT2D eigenvalue weighted by Gasteiger charge is -2.13. The predicted octanol–water partition coefficient (Wildman–Crippen LogP) is 4.65. The second-order valence-electron chi connectivity index (χ2n) is 4.82. The summed E-state index contributed by atoms with van der Waals surface area (Å²) >= 11 is 0.